The molecule has 1 saturated heterocycles. The molecule has 1 amide bonds. The highest BCUT2D eigenvalue weighted by molar-refractivity contribution is 5.67. The zero-order chi connectivity index (χ0) is 11.5. The van der Waals surface area contributed by atoms with Gasteiger partial charge in [0.2, 0.25) is 0 Å². The molecule has 0 aromatic heterocycles. The molecule has 88 valence electrons. The molecule has 1 fully saturated rings. The van der Waals surface area contributed by atoms with E-state index in [4.69, 9.17) is 15.2 Å². The van der Waals surface area contributed by atoms with E-state index >= 15 is 0 Å². The third-order valence-corrected chi connectivity index (χ3v) is 2.16. The minimum Gasteiger partial charge on any atom is -0.444 e. The maximum Gasteiger partial charge on any atom is 0.407 e. The van der Waals surface area contributed by atoms with Crippen molar-refractivity contribution in [3.05, 3.63) is 0 Å². The van der Waals surface area contributed by atoms with Crippen LogP contribution in [-0.4, -0.2) is 37.5 Å². The monoisotopic (exact) mass is 216 g/mol. The third-order valence-electron chi connectivity index (χ3n) is 2.16. The predicted molar refractivity (Wildman–Crippen MR) is 56.5 cm³/mol. The van der Waals surface area contributed by atoms with Crippen molar-refractivity contribution in [1.29, 1.82) is 0 Å². The number of ether oxygens (including phenoxy) is 2. The molecule has 1 aliphatic rings. The summed E-state index contributed by atoms with van der Waals surface area (Å²) in [6, 6.07) is 0.0138. The molecule has 1 rings (SSSR count). The molecule has 0 spiro atoms. The molecule has 0 unspecified atom stereocenters. The van der Waals surface area contributed by atoms with Gasteiger partial charge in [0.25, 0.3) is 0 Å². The first kappa shape index (κ1) is 12.3. The van der Waals surface area contributed by atoms with E-state index in [9.17, 15) is 4.79 Å². The minimum atomic E-state index is -0.460. The SMILES string of the molecule is CC(C)(C)OC(=O)NC[C@@H]1COC[C@H]1N. The molecule has 5 heteroatoms. The van der Waals surface area contributed by atoms with Crippen molar-refractivity contribution in [3.8, 4) is 0 Å². The van der Waals surface area contributed by atoms with Crippen LogP contribution in [0.25, 0.3) is 0 Å². The van der Waals surface area contributed by atoms with Crippen molar-refractivity contribution < 1.29 is 14.3 Å². The Morgan fingerprint density at radius 2 is 2.20 bits per heavy atom. The average molecular weight is 216 g/mol. The molecule has 0 radical (unpaired) electrons. The van der Waals surface area contributed by atoms with Gasteiger partial charge in [0.05, 0.1) is 13.2 Å². The summed E-state index contributed by atoms with van der Waals surface area (Å²) in [5.74, 6) is 0.192. The van der Waals surface area contributed by atoms with Gasteiger partial charge in [0.1, 0.15) is 5.60 Å². The molecular formula is C10H20N2O3. The minimum absolute atomic E-state index is 0.0138. The van der Waals surface area contributed by atoms with Crippen LogP contribution in [0.4, 0.5) is 4.79 Å². The number of hydrogen-bond acceptors (Lipinski definition) is 4. The maximum absolute atomic E-state index is 11.3. The normalized spacial score (nSPS) is 26.4. The van der Waals surface area contributed by atoms with Gasteiger partial charge in [-0.3, -0.25) is 0 Å². The first-order chi connectivity index (χ1) is 6.88. The summed E-state index contributed by atoms with van der Waals surface area (Å²) >= 11 is 0. The van der Waals surface area contributed by atoms with Crippen molar-refractivity contribution in [1.82, 2.24) is 5.32 Å². The fourth-order valence-corrected chi connectivity index (χ4v) is 1.35. The molecule has 0 saturated carbocycles. The number of alkyl carbamates (subject to hydrolysis) is 1. The van der Waals surface area contributed by atoms with Crippen LogP contribution in [-0.2, 0) is 9.47 Å². The summed E-state index contributed by atoms with van der Waals surface area (Å²) in [6.07, 6.45) is -0.401. The molecule has 3 N–H and O–H groups in total. The number of rotatable bonds is 2. The molecule has 1 aliphatic heterocycles. The van der Waals surface area contributed by atoms with Crippen LogP contribution in [0.3, 0.4) is 0 Å². The molecule has 2 atom stereocenters. The smallest absolute Gasteiger partial charge is 0.407 e. The van der Waals surface area contributed by atoms with Crippen LogP contribution >= 0.6 is 0 Å². The standard InChI is InChI=1S/C10H20N2O3/c1-10(2,3)15-9(13)12-4-7-5-14-6-8(7)11/h7-8H,4-6,11H2,1-3H3,(H,12,13)/t7-,8-/m1/s1. The zero-order valence-electron chi connectivity index (χ0n) is 9.58. The Kier molecular flexibility index (Phi) is 3.93. The van der Waals surface area contributed by atoms with Gasteiger partial charge in [-0.15, -0.1) is 0 Å². The van der Waals surface area contributed by atoms with Crippen LogP contribution in [0.2, 0.25) is 0 Å². The van der Waals surface area contributed by atoms with E-state index < -0.39 is 11.7 Å². The molecule has 1 heterocycles. The average Bonchev–Trinajstić information content (AvgIpc) is 2.44. The number of nitrogens with two attached hydrogens (primary N) is 1. The summed E-state index contributed by atoms with van der Waals surface area (Å²) in [6.45, 7) is 7.18. The van der Waals surface area contributed by atoms with E-state index in [1.807, 2.05) is 20.8 Å². The lowest BCUT2D eigenvalue weighted by molar-refractivity contribution is 0.0517. The fourth-order valence-electron chi connectivity index (χ4n) is 1.35. The van der Waals surface area contributed by atoms with Crippen LogP contribution < -0.4 is 11.1 Å². The van der Waals surface area contributed by atoms with E-state index in [2.05, 4.69) is 5.32 Å². The predicted octanol–water partition coefficient (Wildman–Crippen LogP) is 0.485. The topological polar surface area (TPSA) is 73.6 Å². The third kappa shape index (κ3) is 4.48. The fraction of sp³-hybridized carbons (Fsp3) is 0.900. The van der Waals surface area contributed by atoms with Crippen LogP contribution in [0, 0.1) is 5.92 Å². The molecule has 0 aromatic carbocycles. The highest BCUT2D eigenvalue weighted by Crippen LogP contribution is 2.11. The van der Waals surface area contributed by atoms with E-state index in [1.54, 1.807) is 0 Å². The van der Waals surface area contributed by atoms with Gasteiger partial charge >= 0.3 is 6.09 Å². The molecule has 5 nitrogen and oxygen atoms in total. The highest BCUT2D eigenvalue weighted by Gasteiger charge is 2.25. The van der Waals surface area contributed by atoms with E-state index in [-0.39, 0.29) is 12.0 Å². The van der Waals surface area contributed by atoms with Gasteiger partial charge in [-0.2, -0.15) is 0 Å². The molecule has 0 bridgehead atoms. The number of hydrogen-bond donors (Lipinski definition) is 2. The molecule has 0 aliphatic carbocycles. The van der Waals surface area contributed by atoms with Gasteiger partial charge < -0.3 is 20.5 Å². The van der Waals surface area contributed by atoms with E-state index in [1.165, 1.54) is 0 Å². The van der Waals surface area contributed by atoms with Gasteiger partial charge in [-0.05, 0) is 20.8 Å². The Morgan fingerprint density at radius 3 is 2.67 bits per heavy atom. The Hall–Kier alpha value is -0.810. The maximum atomic E-state index is 11.3. The first-order valence-corrected chi connectivity index (χ1v) is 5.18. The quantitative estimate of drug-likeness (QED) is 0.704. The molecular weight excluding hydrogens is 196 g/mol. The lowest BCUT2D eigenvalue weighted by Crippen LogP contribution is -2.40. The van der Waals surface area contributed by atoms with E-state index in [0.29, 0.717) is 19.8 Å². The second kappa shape index (κ2) is 4.81. The van der Waals surface area contributed by atoms with Crippen LogP contribution in [0.1, 0.15) is 20.8 Å². The van der Waals surface area contributed by atoms with E-state index in [0.717, 1.165) is 0 Å². The second-order valence-corrected chi connectivity index (χ2v) is 4.84. The van der Waals surface area contributed by atoms with Crippen molar-refractivity contribution in [2.75, 3.05) is 19.8 Å². The Morgan fingerprint density at radius 1 is 1.53 bits per heavy atom. The largest absolute Gasteiger partial charge is 0.444 e. The number of amides is 1. The number of nitrogens with one attached hydrogen (secondary N) is 1. The lowest BCUT2D eigenvalue weighted by Gasteiger charge is -2.21. The summed E-state index contributed by atoms with van der Waals surface area (Å²) in [5.41, 5.74) is 5.32. The van der Waals surface area contributed by atoms with Crippen LogP contribution in [0.5, 0.6) is 0 Å². The Labute approximate surface area is 90.3 Å². The summed E-state index contributed by atoms with van der Waals surface area (Å²) in [4.78, 5) is 11.3. The van der Waals surface area contributed by atoms with Crippen molar-refractivity contribution in [3.63, 3.8) is 0 Å². The van der Waals surface area contributed by atoms with Crippen molar-refractivity contribution >= 4 is 6.09 Å². The number of carbonyl (C=O) groups excluding carboxylic acids is 1. The Balaban J connectivity index is 2.22. The van der Waals surface area contributed by atoms with Gasteiger partial charge in [-0.25, -0.2) is 4.79 Å². The van der Waals surface area contributed by atoms with Crippen LogP contribution in [0.15, 0.2) is 0 Å². The van der Waals surface area contributed by atoms with Crippen molar-refractivity contribution in [2.45, 2.75) is 32.4 Å². The van der Waals surface area contributed by atoms with Gasteiger partial charge in [0, 0.05) is 18.5 Å². The lowest BCUT2D eigenvalue weighted by atomic mass is 10.1. The van der Waals surface area contributed by atoms with Gasteiger partial charge in [-0.1, -0.05) is 0 Å². The molecule has 0 aromatic rings. The molecule has 15 heavy (non-hydrogen) atoms. The summed E-state index contributed by atoms with van der Waals surface area (Å²) in [5, 5.41) is 2.69. The highest BCUT2D eigenvalue weighted by atomic mass is 16.6. The summed E-state index contributed by atoms with van der Waals surface area (Å²) in [7, 11) is 0. The number of carbonyl (C=O) groups is 1. The summed E-state index contributed by atoms with van der Waals surface area (Å²) < 4.78 is 10.3. The van der Waals surface area contributed by atoms with Crippen molar-refractivity contribution in [2.24, 2.45) is 11.7 Å². The Bertz CT molecular complexity index is 225. The zero-order valence-corrected chi connectivity index (χ0v) is 9.58. The first-order valence-electron chi connectivity index (χ1n) is 5.18. The second-order valence-electron chi connectivity index (χ2n) is 4.84. The van der Waals surface area contributed by atoms with Gasteiger partial charge in [0.15, 0.2) is 0 Å².